The third-order valence-corrected chi connectivity index (χ3v) is 3.27. The van der Waals surface area contributed by atoms with Gasteiger partial charge >= 0.3 is 5.97 Å². The quantitative estimate of drug-likeness (QED) is 0.882. The molecule has 2 rings (SSSR count). The second-order valence-corrected chi connectivity index (χ2v) is 4.91. The Morgan fingerprint density at radius 2 is 1.86 bits per heavy atom. The summed E-state index contributed by atoms with van der Waals surface area (Å²) < 4.78 is 27.5. The van der Waals surface area contributed by atoms with Crippen molar-refractivity contribution in [2.75, 3.05) is 5.32 Å². The second-order valence-electron chi connectivity index (χ2n) is 4.06. The van der Waals surface area contributed by atoms with E-state index in [0.717, 1.165) is 18.2 Å². The van der Waals surface area contributed by atoms with E-state index in [-0.39, 0.29) is 21.3 Å². The van der Waals surface area contributed by atoms with Crippen LogP contribution in [0.5, 0.6) is 0 Å². The van der Waals surface area contributed by atoms with Gasteiger partial charge < -0.3 is 10.4 Å². The Labute approximate surface area is 126 Å². The maximum Gasteiger partial charge on any atom is 0.335 e. The Kier molecular flexibility index (Phi) is 4.32. The Morgan fingerprint density at radius 3 is 2.48 bits per heavy atom. The van der Waals surface area contributed by atoms with E-state index in [0.29, 0.717) is 0 Å². The molecule has 0 radical (unpaired) electrons. The Hall–Kier alpha value is -2.28. The lowest BCUT2D eigenvalue weighted by Crippen LogP contribution is -2.15. The summed E-state index contributed by atoms with van der Waals surface area (Å²) in [5.74, 6) is -3.81. The molecule has 21 heavy (non-hydrogen) atoms. The molecule has 0 aliphatic heterocycles. The van der Waals surface area contributed by atoms with Crippen LogP contribution < -0.4 is 5.32 Å². The van der Waals surface area contributed by atoms with E-state index in [4.69, 9.17) is 5.11 Å². The molecule has 2 aromatic rings. The van der Waals surface area contributed by atoms with Crippen molar-refractivity contribution in [2.45, 2.75) is 0 Å². The van der Waals surface area contributed by atoms with Crippen LogP contribution in [-0.2, 0) is 0 Å². The Balaban J connectivity index is 2.28. The minimum absolute atomic E-state index is 0.108. The van der Waals surface area contributed by atoms with Gasteiger partial charge in [-0.25, -0.2) is 13.6 Å². The van der Waals surface area contributed by atoms with Gasteiger partial charge in [-0.3, -0.25) is 4.79 Å². The van der Waals surface area contributed by atoms with E-state index < -0.39 is 23.5 Å². The first-order valence-electron chi connectivity index (χ1n) is 5.68. The average Bonchev–Trinajstić information content (AvgIpc) is 2.43. The lowest BCUT2D eigenvalue weighted by atomic mass is 10.1. The van der Waals surface area contributed by atoms with Crippen molar-refractivity contribution in [1.29, 1.82) is 0 Å². The molecule has 0 fully saturated rings. The highest BCUT2D eigenvalue weighted by Gasteiger charge is 2.16. The summed E-state index contributed by atoms with van der Waals surface area (Å²) in [5, 5.41) is 10.9. The number of halogens is 3. The summed E-state index contributed by atoms with van der Waals surface area (Å²) >= 11 is 2.95. The summed E-state index contributed by atoms with van der Waals surface area (Å²) in [6.07, 6.45) is 0. The smallest absolute Gasteiger partial charge is 0.335 e. The summed E-state index contributed by atoms with van der Waals surface area (Å²) in [6, 6.07) is 7.15. The van der Waals surface area contributed by atoms with Gasteiger partial charge in [0.1, 0.15) is 11.6 Å². The number of carboxylic acid groups (broad SMARTS) is 1. The predicted octanol–water partition coefficient (Wildman–Crippen LogP) is 3.68. The monoisotopic (exact) mass is 355 g/mol. The molecule has 0 heterocycles. The Bertz CT molecular complexity index is 734. The number of hydrogen-bond donors (Lipinski definition) is 2. The van der Waals surface area contributed by atoms with Crippen LogP contribution in [0.15, 0.2) is 40.9 Å². The number of nitrogens with one attached hydrogen (secondary N) is 1. The molecule has 7 heteroatoms. The fourth-order valence-electron chi connectivity index (χ4n) is 1.62. The summed E-state index contributed by atoms with van der Waals surface area (Å²) in [5.41, 5.74) is -0.741. The lowest BCUT2D eigenvalue weighted by Gasteiger charge is -2.08. The number of amides is 1. The van der Waals surface area contributed by atoms with Gasteiger partial charge in [0.15, 0.2) is 0 Å². The van der Waals surface area contributed by atoms with Gasteiger partial charge in [0.05, 0.1) is 21.3 Å². The highest BCUT2D eigenvalue weighted by molar-refractivity contribution is 9.10. The zero-order valence-electron chi connectivity index (χ0n) is 10.4. The van der Waals surface area contributed by atoms with Gasteiger partial charge in [0, 0.05) is 0 Å². The topological polar surface area (TPSA) is 66.4 Å². The number of carboxylic acids is 1. The number of carbonyl (C=O) groups excluding carboxylic acids is 1. The van der Waals surface area contributed by atoms with Crippen molar-refractivity contribution in [3.05, 3.63) is 63.6 Å². The summed E-state index contributed by atoms with van der Waals surface area (Å²) in [4.78, 5) is 22.6. The number of rotatable bonds is 3. The molecule has 0 aromatic heterocycles. The van der Waals surface area contributed by atoms with Gasteiger partial charge in [0.2, 0.25) is 0 Å². The molecule has 0 spiro atoms. The van der Waals surface area contributed by atoms with E-state index in [1.165, 1.54) is 18.2 Å². The molecule has 0 aliphatic carbocycles. The second kappa shape index (κ2) is 6.01. The third kappa shape index (κ3) is 3.25. The van der Waals surface area contributed by atoms with Crippen LogP contribution in [0.25, 0.3) is 0 Å². The minimum Gasteiger partial charge on any atom is -0.478 e. The largest absolute Gasteiger partial charge is 0.478 e. The van der Waals surface area contributed by atoms with Gasteiger partial charge in [-0.15, -0.1) is 0 Å². The van der Waals surface area contributed by atoms with Crippen LogP contribution in [0.2, 0.25) is 0 Å². The van der Waals surface area contributed by atoms with E-state index in [9.17, 15) is 18.4 Å². The SMILES string of the molecule is O=C(O)c1ccc(NC(=O)c2cccc(Br)c2F)c(F)c1. The first-order valence-corrected chi connectivity index (χ1v) is 6.47. The maximum atomic E-state index is 13.7. The number of benzene rings is 2. The molecule has 0 aliphatic rings. The zero-order valence-corrected chi connectivity index (χ0v) is 11.9. The fraction of sp³-hybridized carbons (Fsp3) is 0. The molecule has 2 N–H and O–H groups in total. The predicted molar refractivity (Wildman–Crippen MR) is 75.4 cm³/mol. The molecule has 0 saturated carbocycles. The summed E-state index contributed by atoms with van der Waals surface area (Å²) in [7, 11) is 0. The number of anilines is 1. The van der Waals surface area contributed by atoms with Crippen LogP contribution in [0, 0.1) is 11.6 Å². The fourth-order valence-corrected chi connectivity index (χ4v) is 1.98. The molecule has 1 amide bonds. The van der Waals surface area contributed by atoms with Crippen molar-refractivity contribution in [1.82, 2.24) is 0 Å². The van der Waals surface area contributed by atoms with Crippen molar-refractivity contribution < 1.29 is 23.5 Å². The number of hydrogen-bond acceptors (Lipinski definition) is 2. The van der Waals surface area contributed by atoms with E-state index in [2.05, 4.69) is 21.2 Å². The summed E-state index contributed by atoms with van der Waals surface area (Å²) in [6.45, 7) is 0. The first kappa shape index (κ1) is 15.1. The molecule has 0 bridgehead atoms. The van der Waals surface area contributed by atoms with Crippen LogP contribution in [0.4, 0.5) is 14.5 Å². The van der Waals surface area contributed by atoms with Crippen molar-refractivity contribution in [3.63, 3.8) is 0 Å². The van der Waals surface area contributed by atoms with Crippen LogP contribution in [-0.4, -0.2) is 17.0 Å². The molecule has 108 valence electrons. The highest BCUT2D eigenvalue weighted by Crippen LogP contribution is 2.21. The zero-order chi connectivity index (χ0) is 15.6. The number of carbonyl (C=O) groups is 2. The lowest BCUT2D eigenvalue weighted by molar-refractivity contribution is 0.0696. The molecule has 0 saturated heterocycles. The molecular weight excluding hydrogens is 348 g/mol. The maximum absolute atomic E-state index is 13.7. The molecule has 0 atom stereocenters. The first-order chi connectivity index (χ1) is 9.90. The van der Waals surface area contributed by atoms with Crippen LogP contribution in [0.1, 0.15) is 20.7 Å². The number of aromatic carboxylic acids is 1. The van der Waals surface area contributed by atoms with Gasteiger partial charge in [-0.05, 0) is 46.3 Å². The molecule has 2 aromatic carbocycles. The normalized spacial score (nSPS) is 10.2. The average molecular weight is 356 g/mol. The molecular formula is C14H8BrF2NO3. The van der Waals surface area contributed by atoms with E-state index >= 15 is 0 Å². The van der Waals surface area contributed by atoms with Gasteiger partial charge in [0.25, 0.3) is 5.91 Å². The third-order valence-electron chi connectivity index (χ3n) is 2.66. The van der Waals surface area contributed by atoms with Gasteiger partial charge in [-0.2, -0.15) is 0 Å². The van der Waals surface area contributed by atoms with Crippen molar-refractivity contribution in [2.24, 2.45) is 0 Å². The van der Waals surface area contributed by atoms with Crippen LogP contribution >= 0.6 is 15.9 Å². The standard InChI is InChI=1S/C14H8BrF2NO3/c15-9-3-1-2-8(12(9)17)13(19)18-11-5-4-7(14(20)21)6-10(11)16/h1-6H,(H,18,19)(H,20,21). The highest BCUT2D eigenvalue weighted by atomic mass is 79.9. The van der Waals surface area contributed by atoms with Gasteiger partial charge in [-0.1, -0.05) is 6.07 Å². The Morgan fingerprint density at radius 1 is 1.14 bits per heavy atom. The molecule has 0 unspecified atom stereocenters. The van der Waals surface area contributed by atoms with Crippen molar-refractivity contribution in [3.8, 4) is 0 Å². The van der Waals surface area contributed by atoms with Crippen molar-refractivity contribution >= 4 is 33.5 Å². The van der Waals surface area contributed by atoms with Crippen LogP contribution in [0.3, 0.4) is 0 Å². The minimum atomic E-state index is -1.29. The van der Waals surface area contributed by atoms with E-state index in [1.807, 2.05) is 0 Å². The molecule has 4 nitrogen and oxygen atoms in total. The van der Waals surface area contributed by atoms with E-state index in [1.54, 1.807) is 0 Å².